The van der Waals surface area contributed by atoms with Gasteiger partial charge in [0.1, 0.15) is 17.1 Å². The maximum absolute atomic E-state index is 7.65. The number of methoxy groups -OCH3 is 1. The molecule has 1 aliphatic rings. The van der Waals surface area contributed by atoms with E-state index in [9.17, 15) is 0 Å². The predicted molar refractivity (Wildman–Crippen MR) is 175 cm³/mol. The fourth-order valence-electron chi connectivity index (χ4n) is 4.58. The first kappa shape index (κ1) is 31.5. The zero-order chi connectivity index (χ0) is 29.8. The van der Waals surface area contributed by atoms with Crippen molar-refractivity contribution in [1.29, 1.82) is 0 Å². The third kappa shape index (κ3) is 8.26. The molecule has 2 aromatic rings. The van der Waals surface area contributed by atoms with Crippen molar-refractivity contribution in [2.24, 2.45) is 0 Å². The summed E-state index contributed by atoms with van der Waals surface area (Å²) in [6.45, 7) is 27.1. The van der Waals surface area contributed by atoms with Crippen LogP contribution in [0.3, 0.4) is 0 Å². The van der Waals surface area contributed by atoms with E-state index in [-0.39, 0.29) is 0 Å². The maximum atomic E-state index is 7.65. The van der Waals surface area contributed by atoms with Gasteiger partial charge in [0.15, 0.2) is 5.70 Å². The smallest absolute Gasteiger partial charge is 0.224 e. The molecule has 0 radical (unpaired) electrons. The van der Waals surface area contributed by atoms with Crippen molar-refractivity contribution < 1.29 is 9.47 Å². The lowest BCUT2D eigenvalue weighted by Gasteiger charge is -2.25. The summed E-state index contributed by atoms with van der Waals surface area (Å²) in [7, 11) is 1.73. The fraction of sp³-hybridized carbons (Fsp3) is 0.371. The van der Waals surface area contributed by atoms with Gasteiger partial charge in [-0.25, -0.2) is 9.69 Å². The van der Waals surface area contributed by atoms with Crippen LogP contribution in [0.5, 0.6) is 5.75 Å². The summed E-state index contributed by atoms with van der Waals surface area (Å²) in [5, 5.41) is 0. The molecule has 1 aliphatic heterocycles. The number of allylic oxidation sites excluding steroid dienone is 3. The van der Waals surface area contributed by atoms with E-state index in [0.29, 0.717) is 17.2 Å². The largest absolute Gasteiger partial charge is 0.507 e. The van der Waals surface area contributed by atoms with E-state index < -0.39 is 5.60 Å². The molecule has 0 spiro atoms. The molecule has 0 aliphatic carbocycles. The van der Waals surface area contributed by atoms with Crippen LogP contribution in [0.15, 0.2) is 71.3 Å². The van der Waals surface area contributed by atoms with Gasteiger partial charge < -0.3 is 14.4 Å². The lowest BCUT2D eigenvalue weighted by Crippen LogP contribution is -2.25. The van der Waals surface area contributed by atoms with Gasteiger partial charge in [-0.3, -0.25) is 0 Å². The summed E-state index contributed by atoms with van der Waals surface area (Å²) in [5.74, 6) is 1.27. The second kappa shape index (κ2) is 15.1. The van der Waals surface area contributed by atoms with Gasteiger partial charge in [-0.05, 0) is 70.0 Å². The molecule has 2 heterocycles. The van der Waals surface area contributed by atoms with Crippen molar-refractivity contribution in [2.75, 3.05) is 25.1 Å². The molecule has 1 aromatic carbocycles. The van der Waals surface area contributed by atoms with Gasteiger partial charge >= 0.3 is 0 Å². The molecule has 5 nitrogen and oxygen atoms in total. The van der Waals surface area contributed by atoms with Gasteiger partial charge in [0.05, 0.1) is 20.3 Å². The second-order valence-electron chi connectivity index (χ2n) is 10.4. The topological polar surface area (TPSA) is 30.4 Å². The molecule has 0 amide bonds. The first-order valence-electron chi connectivity index (χ1n) is 14.2. The molecule has 6 heteroatoms. The number of hydrogen-bond acceptors (Lipinski definition) is 4. The van der Waals surface area contributed by atoms with Crippen LogP contribution < -0.4 is 9.64 Å². The normalized spacial score (nSPS) is 15.9. The van der Waals surface area contributed by atoms with Crippen molar-refractivity contribution in [1.82, 2.24) is 0 Å². The monoisotopic (exact) mass is 567 g/mol. The van der Waals surface area contributed by atoms with Crippen LogP contribution in [0, 0.1) is 13.1 Å². The molecular weight excluding hydrogens is 526 g/mol. The van der Waals surface area contributed by atoms with E-state index in [1.54, 1.807) is 25.4 Å². The zero-order valence-electron chi connectivity index (χ0n) is 25.2. The lowest BCUT2D eigenvalue weighted by atomic mass is 9.97. The number of benzene rings is 1. The van der Waals surface area contributed by atoms with Crippen molar-refractivity contribution >= 4 is 35.3 Å². The number of ether oxygens (including phenoxy) is 2. The third-order valence-electron chi connectivity index (χ3n) is 6.94. The Kier molecular flexibility index (Phi) is 11.6. The minimum atomic E-state index is -0.662. The van der Waals surface area contributed by atoms with Gasteiger partial charge in [0, 0.05) is 45.7 Å². The van der Waals surface area contributed by atoms with E-state index in [1.165, 1.54) is 31.4 Å². The quantitative estimate of drug-likeness (QED) is 0.178. The summed E-state index contributed by atoms with van der Waals surface area (Å²) >= 11 is 1.67. The van der Waals surface area contributed by atoms with Gasteiger partial charge in [-0.1, -0.05) is 51.0 Å². The predicted octanol–water partition coefficient (Wildman–Crippen LogP) is 10.0. The molecule has 0 atom stereocenters. The van der Waals surface area contributed by atoms with Gasteiger partial charge in [-0.2, -0.15) is 0 Å². The van der Waals surface area contributed by atoms with E-state index in [0.717, 1.165) is 39.7 Å². The fourth-order valence-corrected chi connectivity index (χ4v) is 5.40. The van der Waals surface area contributed by atoms with Crippen molar-refractivity contribution in [3.63, 3.8) is 0 Å². The number of thiophene rings is 1. The molecule has 0 saturated heterocycles. The molecule has 1 aromatic heterocycles. The molecule has 0 saturated carbocycles. The van der Waals surface area contributed by atoms with E-state index >= 15 is 0 Å². The molecule has 0 N–H and O–H groups in total. The first-order valence-corrected chi connectivity index (χ1v) is 15.0. The van der Waals surface area contributed by atoms with E-state index in [1.807, 2.05) is 38.2 Å². The summed E-state index contributed by atoms with van der Waals surface area (Å²) in [6.07, 6.45) is 16.9. The Morgan fingerprint density at radius 3 is 2.24 bits per heavy atom. The molecule has 41 heavy (non-hydrogen) atoms. The minimum absolute atomic E-state index is 0.387. The number of unbranched alkanes of at least 4 members (excludes halogenated alkanes) is 2. The van der Waals surface area contributed by atoms with E-state index in [4.69, 9.17) is 22.6 Å². The molecule has 0 fully saturated rings. The molecule has 3 rings (SSSR count). The highest BCUT2D eigenvalue weighted by Crippen LogP contribution is 2.41. The zero-order valence-corrected chi connectivity index (χ0v) is 26.0. The summed E-state index contributed by atoms with van der Waals surface area (Å²) < 4.78 is 11.7. The summed E-state index contributed by atoms with van der Waals surface area (Å²) in [4.78, 5) is 11.8. The number of anilines is 1. The van der Waals surface area contributed by atoms with Crippen LogP contribution in [-0.4, -0.2) is 25.8 Å². The lowest BCUT2D eigenvalue weighted by molar-refractivity contribution is 0.0946. The van der Waals surface area contributed by atoms with Crippen LogP contribution in [-0.2, 0) is 4.74 Å². The summed E-state index contributed by atoms with van der Waals surface area (Å²) in [5.41, 5.74) is 3.21. The second-order valence-corrected chi connectivity index (χ2v) is 11.6. The van der Waals surface area contributed by atoms with Crippen molar-refractivity contribution in [2.45, 2.75) is 65.9 Å². The summed E-state index contributed by atoms with van der Waals surface area (Å²) in [6, 6.07) is 10.6. The Morgan fingerprint density at radius 1 is 0.976 bits per heavy atom. The molecule has 0 bridgehead atoms. The van der Waals surface area contributed by atoms with Gasteiger partial charge in [0.2, 0.25) is 5.70 Å². The highest BCUT2D eigenvalue weighted by molar-refractivity contribution is 7.13. The minimum Gasteiger partial charge on any atom is -0.507 e. The van der Waals surface area contributed by atoms with Gasteiger partial charge in [0.25, 0.3) is 0 Å². The molecule has 0 unspecified atom stereocenters. The number of nitrogens with zero attached hydrogens (tertiary/aromatic N) is 3. The average molecular weight is 568 g/mol. The van der Waals surface area contributed by atoms with Crippen LogP contribution in [0.1, 0.15) is 75.6 Å². The van der Waals surface area contributed by atoms with E-state index in [2.05, 4.69) is 70.9 Å². The first-order chi connectivity index (χ1) is 19.8. The van der Waals surface area contributed by atoms with Gasteiger partial charge in [-0.15, -0.1) is 11.3 Å². The maximum Gasteiger partial charge on any atom is 0.224 e. The Morgan fingerprint density at radius 2 is 1.63 bits per heavy atom. The van der Waals surface area contributed by atoms with Crippen molar-refractivity contribution in [3.8, 4) is 5.75 Å². The van der Waals surface area contributed by atoms with Crippen LogP contribution >= 0.6 is 11.3 Å². The Hall–Kier alpha value is -4.00. The standard InChI is InChI=1S/C35H41N3O2S/c1-9-11-23-38(24-12-10-2)28-18-17-27(32(25-28)39-8)15-13-14-16-29-19-20-30(41-29)21-22-31-33(37-7)34(26(3)36-6)40-35(31,4)5/h13-22,25H,9-12,23-24H2,1-5,8H3/b15-13+,16-14+,22-21+,34-26+. The van der Waals surface area contributed by atoms with Crippen LogP contribution in [0.2, 0.25) is 0 Å². The van der Waals surface area contributed by atoms with Crippen molar-refractivity contribution in [3.05, 3.63) is 109 Å². The Labute approximate surface area is 250 Å². The average Bonchev–Trinajstić information content (AvgIpc) is 3.54. The molecular formula is C35H41N3O2S. The number of hydrogen-bond donors (Lipinski definition) is 0. The van der Waals surface area contributed by atoms with Crippen LogP contribution in [0.4, 0.5) is 5.69 Å². The SMILES string of the molecule is [C-]#[N+]C1=C(/C=C/c2ccc(/C=C/C=C/c3ccc(N(CCCC)CCCC)cc3OC)s2)C(C)(C)O/C1=C(\C)[N+]#[C-]. The number of rotatable bonds is 13. The Balaban J connectivity index is 1.71. The highest BCUT2D eigenvalue weighted by atomic mass is 32.1. The molecule has 214 valence electrons. The Bertz CT molecular complexity index is 1430. The van der Waals surface area contributed by atoms with Crippen LogP contribution in [0.25, 0.3) is 27.9 Å². The highest BCUT2D eigenvalue weighted by Gasteiger charge is 2.37. The third-order valence-corrected chi connectivity index (χ3v) is 7.95.